The van der Waals surface area contributed by atoms with Crippen LogP contribution in [-0.4, -0.2) is 0 Å². The molecular weight excluding hydrogens is 168 g/mol. The van der Waals surface area contributed by atoms with E-state index in [-0.39, 0.29) is 7.43 Å². The Kier molecular flexibility index (Phi) is 5.19. The van der Waals surface area contributed by atoms with Crippen LogP contribution in [0.15, 0.2) is 0 Å². The van der Waals surface area contributed by atoms with Crippen molar-refractivity contribution in [1.82, 2.24) is 0 Å². The maximum Gasteiger partial charge on any atom is -0.0354 e. The van der Waals surface area contributed by atoms with Gasteiger partial charge in [0.25, 0.3) is 0 Å². The zero-order valence-electron chi connectivity index (χ0n) is 10.1. The number of rotatable bonds is 1. The van der Waals surface area contributed by atoms with Gasteiger partial charge in [-0.3, -0.25) is 0 Å². The van der Waals surface area contributed by atoms with Crippen molar-refractivity contribution in [3.63, 3.8) is 0 Å². The van der Waals surface area contributed by atoms with Gasteiger partial charge < -0.3 is 0 Å². The van der Waals surface area contributed by atoms with Crippen molar-refractivity contribution >= 4 is 0 Å². The molecule has 0 aromatic carbocycles. The number of hydrogen-bond donors (Lipinski definition) is 0. The van der Waals surface area contributed by atoms with E-state index in [1.54, 1.807) is 0 Å². The number of hydrogen-bond acceptors (Lipinski definition) is 0. The van der Waals surface area contributed by atoms with Crippen LogP contribution in [0.4, 0.5) is 0 Å². The third-order valence-corrected chi connectivity index (χ3v) is 3.94. The van der Waals surface area contributed by atoms with Crippen LogP contribution in [0.2, 0.25) is 0 Å². The maximum absolute atomic E-state index is 2.40. The van der Waals surface area contributed by atoms with E-state index in [9.17, 15) is 0 Å². The second kappa shape index (κ2) is 5.19. The molecule has 0 aliphatic heterocycles. The van der Waals surface area contributed by atoms with Gasteiger partial charge in [-0.1, -0.05) is 42.0 Å². The molecule has 1 saturated carbocycles. The van der Waals surface area contributed by atoms with E-state index in [0.29, 0.717) is 5.41 Å². The molecule has 0 heterocycles. The van der Waals surface area contributed by atoms with Gasteiger partial charge in [0.1, 0.15) is 0 Å². The molecule has 0 aromatic rings. The van der Waals surface area contributed by atoms with Gasteiger partial charge in [0, 0.05) is 0 Å². The lowest BCUT2D eigenvalue weighted by molar-refractivity contribution is 0.132. The van der Waals surface area contributed by atoms with Crippen LogP contribution >= 0.6 is 0 Å². The van der Waals surface area contributed by atoms with E-state index in [4.69, 9.17) is 0 Å². The lowest BCUT2D eigenvalue weighted by Crippen LogP contribution is -2.27. The highest BCUT2D eigenvalue weighted by Crippen LogP contribution is 2.41. The Morgan fingerprint density at radius 1 is 0.929 bits per heavy atom. The zero-order valence-corrected chi connectivity index (χ0v) is 10.1. The largest absolute Gasteiger partial charge is 0.0776 e. The smallest absolute Gasteiger partial charge is 0.0354 e. The highest BCUT2D eigenvalue weighted by Gasteiger charge is 2.30. The molecule has 0 N–H and O–H groups in total. The van der Waals surface area contributed by atoms with Crippen LogP contribution in [-0.2, 0) is 0 Å². The fraction of sp³-hybridized carbons (Fsp3) is 1.00. The average molecular weight is 198 g/mol. The average Bonchev–Trinajstić information content (AvgIpc) is 2.03. The minimum absolute atomic E-state index is 0. The van der Waals surface area contributed by atoms with E-state index in [2.05, 4.69) is 34.6 Å². The summed E-state index contributed by atoms with van der Waals surface area (Å²) in [6.45, 7) is 11.9. The molecule has 0 unspecified atom stereocenters. The Morgan fingerprint density at radius 2 is 1.36 bits per heavy atom. The molecule has 0 saturated heterocycles. The summed E-state index contributed by atoms with van der Waals surface area (Å²) in [7, 11) is 0. The normalized spacial score (nSPS) is 28.7. The fourth-order valence-corrected chi connectivity index (χ4v) is 2.65. The Balaban J connectivity index is 0.00000169. The Bertz CT molecular complexity index is 142. The summed E-state index contributed by atoms with van der Waals surface area (Å²) in [6, 6.07) is 0. The van der Waals surface area contributed by atoms with Gasteiger partial charge >= 0.3 is 0 Å². The summed E-state index contributed by atoms with van der Waals surface area (Å²) in [6.07, 6.45) is 5.87. The van der Waals surface area contributed by atoms with E-state index < -0.39 is 0 Å². The first-order chi connectivity index (χ1) is 5.91. The van der Waals surface area contributed by atoms with Crippen molar-refractivity contribution in [3.05, 3.63) is 0 Å². The monoisotopic (exact) mass is 198 g/mol. The SMILES string of the molecule is C.CC(C)C1CCC(C(C)(C)C)CC1. The Morgan fingerprint density at radius 3 is 1.64 bits per heavy atom. The minimum atomic E-state index is 0. The predicted octanol–water partition coefficient (Wildman–Crippen LogP) is 5.13. The minimum Gasteiger partial charge on any atom is -0.0776 e. The molecule has 0 nitrogen and oxygen atoms in total. The van der Waals surface area contributed by atoms with Crippen molar-refractivity contribution in [1.29, 1.82) is 0 Å². The Hall–Kier alpha value is 0. The molecule has 0 spiro atoms. The van der Waals surface area contributed by atoms with Gasteiger partial charge in [-0.05, 0) is 48.9 Å². The van der Waals surface area contributed by atoms with E-state index >= 15 is 0 Å². The van der Waals surface area contributed by atoms with Crippen LogP contribution in [0.3, 0.4) is 0 Å². The predicted molar refractivity (Wildman–Crippen MR) is 66.5 cm³/mol. The van der Waals surface area contributed by atoms with Crippen molar-refractivity contribution in [2.24, 2.45) is 23.2 Å². The first-order valence-corrected chi connectivity index (χ1v) is 5.91. The molecule has 14 heavy (non-hydrogen) atoms. The molecule has 1 aliphatic carbocycles. The first kappa shape index (κ1) is 14.0. The van der Waals surface area contributed by atoms with Crippen LogP contribution in [0, 0.1) is 23.2 Å². The van der Waals surface area contributed by atoms with Crippen molar-refractivity contribution < 1.29 is 0 Å². The summed E-state index contributed by atoms with van der Waals surface area (Å²) < 4.78 is 0. The Labute approximate surface area is 91.5 Å². The lowest BCUT2D eigenvalue weighted by Gasteiger charge is -2.38. The molecule has 0 heteroatoms. The second-order valence-corrected chi connectivity index (χ2v) is 6.22. The van der Waals surface area contributed by atoms with Crippen molar-refractivity contribution in [2.75, 3.05) is 0 Å². The molecule has 0 bridgehead atoms. The second-order valence-electron chi connectivity index (χ2n) is 6.22. The van der Waals surface area contributed by atoms with Gasteiger partial charge in [0.15, 0.2) is 0 Å². The summed E-state index contributed by atoms with van der Waals surface area (Å²) in [5.74, 6) is 2.89. The van der Waals surface area contributed by atoms with Crippen LogP contribution in [0.25, 0.3) is 0 Å². The molecule has 86 valence electrons. The fourth-order valence-electron chi connectivity index (χ4n) is 2.65. The molecule has 0 atom stereocenters. The quantitative estimate of drug-likeness (QED) is 0.548. The maximum atomic E-state index is 2.40. The summed E-state index contributed by atoms with van der Waals surface area (Å²) in [5.41, 5.74) is 0.544. The van der Waals surface area contributed by atoms with Gasteiger partial charge in [-0.15, -0.1) is 0 Å². The van der Waals surface area contributed by atoms with Crippen molar-refractivity contribution in [2.45, 2.75) is 67.7 Å². The van der Waals surface area contributed by atoms with Gasteiger partial charge in [0.05, 0.1) is 0 Å². The standard InChI is InChI=1S/C13H26.CH4/c1-10(2)11-6-8-12(9-7-11)13(3,4)5;/h10-12H,6-9H2,1-5H3;1H4. The molecule has 0 radical (unpaired) electrons. The summed E-state index contributed by atoms with van der Waals surface area (Å²) in [4.78, 5) is 0. The van der Waals surface area contributed by atoms with Crippen LogP contribution < -0.4 is 0 Å². The summed E-state index contributed by atoms with van der Waals surface area (Å²) in [5, 5.41) is 0. The summed E-state index contributed by atoms with van der Waals surface area (Å²) >= 11 is 0. The van der Waals surface area contributed by atoms with Gasteiger partial charge in [-0.25, -0.2) is 0 Å². The molecular formula is C14H30. The highest BCUT2D eigenvalue weighted by atomic mass is 14.4. The highest BCUT2D eigenvalue weighted by molar-refractivity contribution is 4.81. The first-order valence-electron chi connectivity index (χ1n) is 5.91. The van der Waals surface area contributed by atoms with E-state index in [1.165, 1.54) is 25.7 Å². The van der Waals surface area contributed by atoms with Gasteiger partial charge in [0.2, 0.25) is 0 Å². The third kappa shape index (κ3) is 3.63. The molecule has 1 rings (SSSR count). The molecule has 0 amide bonds. The van der Waals surface area contributed by atoms with E-state index in [0.717, 1.165) is 17.8 Å². The third-order valence-electron chi connectivity index (χ3n) is 3.94. The van der Waals surface area contributed by atoms with E-state index in [1.807, 2.05) is 0 Å². The molecule has 1 aliphatic rings. The zero-order chi connectivity index (χ0) is 10.1. The van der Waals surface area contributed by atoms with Crippen LogP contribution in [0.1, 0.15) is 67.7 Å². The van der Waals surface area contributed by atoms with Crippen LogP contribution in [0.5, 0.6) is 0 Å². The molecule has 0 aromatic heterocycles. The van der Waals surface area contributed by atoms with Crippen molar-refractivity contribution in [3.8, 4) is 0 Å². The lowest BCUT2D eigenvalue weighted by atomic mass is 9.68. The van der Waals surface area contributed by atoms with Gasteiger partial charge in [-0.2, -0.15) is 0 Å². The molecule has 1 fully saturated rings. The topological polar surface area (TPSA) is 0 Å².